The lowest BCUT2D eigenvalue weighted by molar-refractivity contribution is 0.0832. The average molecular weight is 466 g/mol. The van der Waals surface area contributed by atoms with E-state index < -0.39 is 0 Å². The first-order valence-corrected chi connectivity index (χ1v) is 12.0. The number of hydrogen-bond donors (Lipinski definition) is 2. The molecule has 10 nitrogen and oxygen atoms in total. The van der Waals surface area contributed by atoms with E-state index in [9.17, 15) is 4.79 Å². The summed E-state index contributed by atoms with van der Waals surface area (Å²) >= 11 is 0. The summed E-state index contributed by atoms with van der Waals surface area (Å²) in [4.78, 5) is 36.0. The summed E-state index contributed by atoms with van der Waals surface area (Å²) in [7, 11) is 1.62. The monoisotopic (exact) mass is 465 g/mol. The second-order valence-corrected chi connectivity index (χ2v) is 9.13. The SMILES string of the molecule is COC[C@@H](C)Oc1nc(C(=O)NC2CCC2)nc(N2CCC(c3c[nH]c4ncccc34)CC2)n1. The highest BCUT2D eigenvalue weighted by atomic mass is 16.5. The molecule has 10 heteroatoms. The summed E-state index contributed by atoms with van der Waals surface area (Å²) in [6.07, 6.45) is 8.66. The molecule has 34 heavy (non-hydrogen) atoms. The lowest BCUT2D eigenvalue weighted by atomic mass is 9.89. The number of pyridine rings is 1. The van der Waals surface area contributed by atoms with E-state index in [0.717, 1.165) is 50.8 Å². The second-order valence-electron chi connectivity index (χ2n) is 9.13. The normalized spacial score (nSPS) is 18.0. The van der Waals surface area contributed by atoms with Crippen molar-refractivity contribution < 1.29 is 14.3 Å². The lowest BCUT2D eigenvalue weighted by Gasteiger charge is -2.32. The molecule has 0 radical (unpaired) electrons. The van der Waals surface area contributed by atoms with Gasteiger partial charge < -0.3 is 24.7 Å². The van der Waals surface area contributed by atoms with E-state index in [-0.39, 0.29) is 29.9 Å². The third kappa shape index (κ3) is 4.82. The van der Waals surface area contributed by atoms with Crippen LogP contribution in [0.4, 0.5) is 5.95 Å². The summed E-state index contributed by atoms with van der Waals surface area (Å²) < 4.78 is 11.0. The Hall–Kier alpha value is -3.27. The number of methoxy groups -OCH3 is 1. The molecule has 1 saturated carbocycles. The van der Waals surface area contributed by atoms with Gasteiger partial charge in [0.2, 0.25) is 11.8 Å². The minimum atomic E-state index is -0.279. The molecule has 0 bridgehead atoms. The van der Waals surface area contributed by atoms with E-state index in [2.05, 4.69) is 47.4 Å². The van der Waals surface area contributed by atoms with E-state index in [0.29, 0.717) is 18.5 Å². The fourth-order valence-electron chi connectivity index (χ4n) is 4.60. The van der Waals surface area contributed by atoms with Crippen LogP contribution in [0, 0.1) is 0 Å². The maximum atomic E-state index is 12.8. The first kappa shape index (κ1) is 22.5. The Morgan fingerprint density at radius 1 is 1.24 bits per heavy atom. The summed E-state index contributed by atoms with van der Waals surface area (Å²) in [5, 5.41) is 4.19. The van der Waals surface area contributed by atoms with Crippen molar-refractivity contribution in [3.05, 3.63) is 35.9 Å². The zero-order chi connectivity index (χ0) is 23.5. The Morgan fingerprint density at radius 3 is 2.79 bits per heavy atom. The Kier molecular flexibility index (Phi) is 6.57. The fourth-order valence-corrected chi connectivity index (χ4v) is 4.60. The number of fused-ring (bicyclic) bond motifs is 1. The number of ether oxygens (including phenoxy) is 2. The number of rotatable bonds is 8. The number of piperidine rings is 1. The molecule has 0 unspecified atom stereocenters. The van der Waals surface area contributed by atoms with Gasteiger partial charge in [0, 0.05) is 44.0 Å². The van der Waals surface area contributed by atoms with Gasteiger partial charge >= 0.3 is 6.01 Å². The number of carbonyl (C=O) groups excluding carboxylic acids is 1. The standard InChI is InChI=1S/C24H31N7O3/c1-15(14-33-2)34-24-29-21(22(32)27-17-5-3-6-17)28-23(30-24)31-11-8-16(9-12-31)19-13-26-20-18(19)7-4-10-25-20/h4,7,10,13,15-17H,3,5-6,8-9,11-12,14H2,1-2H3,(H,25,26)(H,27,32)/t15-/m1/s1. The van der Waals surface area contributed by atoms with Crippen LogP contribution in [-0.2, 0) is 4.74 Å². The maximum Gasteiger partial charge on any atom is 0.322 e. The largest absolute Gasteiger partial charge is 0.458 e. The van der Waals surface area contributed by atoms with Crippen molar-refractivity contribution in [3.63, 3.8) is 0 Å². The highest BCUT2D eigenvalue weighted by molar-refractivity contribution is 5.91. The van der Waals surface area contributed by atoms with Gasteiger partial charge in [-0.15, -0.1) is 0 Å². The summed E-state index contributed by atoms with van der Waals surface area (Å²) in [5.41, 5.74) is 2.22. The predicted molar refractivity (Wildman–Crippen MR) is 127 cm³/mol. The van der Waals surface area contributed by atoms with Crippen molar-refractivity contribution in [2.75, 3.05) is 31.7 Å². The maximum absolute atomic E-state index is 12.8. The van der Waals surface area contributed by atoms with Gasteiger partial charge in [-0.2, -0.15) is 15.0 Å². The van der Waals surface area contributed by atoms with Gasteiger partial charge in [-0.1, -0.05) is 0 Å². The predicted octanol–water partition coefficient (Wildman–Crippen LogP) is 2.83. The van der Waals surface area contributed by atoms with Gasteiger partial charge in [0.1, 0.15) is 11.8 Å². The number of nitrogens with zero attached hydrogens (tertiary/aromatic N) is 5. The van der Waals surface area contributed by atoms with Crippen molar-refractivity contribution in [2.45, 2.75) is 57.1 Å². The van der Waals surface area contributed by atoms with Gasteiger partial charge in [-0.25, -0.2) is 4.98 Å². The summed E-state index contributed by atoms with van der Waals surface area (Å²) in [6, 6.07) is 4.44. The number of aromatic nitrogens is 5. The van der Waals surface area contributed by atoms with E-state index in [1.165, 1.54) is 10.9 Å². The van der Waals surface area contributed by atoms with Crippen LogP contribution in [0.2, 0.25) is 0 Å². The number of hydrogen-bond acceptors (Lipinski definition) is 8. The molecule has 2 fully saturated rings. The first-order valence-electron chi connectivity index (χ1n) is 12.0. The Bertz CT molecular complexity index is 1140. The molecule has 3 aromatic heterocycles. The molecule has 1 saturated heterocycles. The molecule has 1 aliphatic carbocycles. The van der Waals surface area contributed by atoms with Gasteiger partial charge in [-0.3, -0.25) is 4.79 Å². The summed E-state index contributed by atoms with van der Waals surface area (Å²) in [6.45, 7) is 3.83. The number of nitrogens with one attached hydrogen (secondary N) is 2. The van der Waals surface area contributed by atoms with Crippen LogP contribution in [0.5, 0.6) is 6.01 Å². The highest BCUT2D eigenvalue weighted by Gasteiger charge is 2.27. The van der Waals surface area contributed by atoms with Crippen LogP contribution >= 0.6 is 0 Å². The van der Waals surface area contributed by atoms with E-state index in [1.807, 2.05) is 13.0 Å². The van der Waals surface area contributed by atoms with E-state index >= 15 is 0 Å². The van der Waals surface area contributed by atoms with Crippen molar-refractivity contribution in [1.82, 2.24) is 30.2 Å². The van der Waals surface area contributed by atoms with E-state index in [1.54, 1.807) is 13.3 Å². The third-order valence-corrected chi connectivity index (χ3v) is 6.66. The molecule has 1 amide bonds. The van der Waals surface area contributed by atoms with Gasteiger partial charge in [0.05, 0.1) is 6.61 Å². The molecule has 0 spiro atoms. The molecular weight excluding hydrogens is 434 g/mol. The van der Waals surface area contributed by atoms with Crippen LogP contribution in [0.3, 0.4) is 0 Å². The fraction of sp³-hybridized carbons (Fsp3) is 0.542. The Morgan fingerprint density at radius 2 is 2.06 bits per heavy atom. The molecule has 2 N–H and O–H groups in total. The van der Waals surface area contributed by atoms with Crippen LogP contribution in [0.15, 0.2) is 24.5 Å². The highest BCUT2D eigenvalue weighted by Crippen LogP contribution is 2.33. The smallest absolute Gasteiger partial charge is 0.322 e. The van der Waals surface area contributed by atoms with Gasteiger partial charge in [0.25, 0.3) is 5.91 Å². The quantitative estimate of drug-likeness (QED) is 0.521. The molecule has 3 aromatic rings. The summed E-state index contributed by atoms with van der Waals surface area (Å²) in [5.74, 6) is 0.724. The molecule has 1 aliphatic heterocycles. The molecule has 180 valence electrons. The van der Waals surface area contributed by atoms with Crippen LogP contribution in [-0.4, -0.2) is 69.8 Å². The number of anilines is 1. The number of carbonyl (C=O) groups is 1. The van der Waals surface area contributed by atoms with Crippen LogP contribution in [0.25, 0.3) is 11.0 Å². The Balaban J connectivity index is 1.33. The first-order chi connectivity index (χ1) is 16.6. The van der Waals surface area contributed by atoms with Crippen molar-refractivity contribution in [3.8, 4) is 6.01 Å². The van der Waals surface area contributed by atoms with Crippen molar-refractivity contribution in [2.24, 2.45) is 0 Å². The molecule has 0 aromatic carbocycles. The second kappa shape index (κ2) is 9.92. The zero-order valence-electron chi connectivity index (χ0n) is 19.7. The molecule has 5 rings (SSSR count). The number of amides is 1. The van der Waals surface area contributed by atoms with Gasteiger partial charge in [0.15, 0.2) is 0 Å². The minimum absolute atomic E-state index is 0.0985. The molecule has 4 heterocycles. The Labute approximate surface area is 198 Å². The van der Waals surface area contributed by atoms with Gasteiger partial charge in [-0.05, 0) is 62.6 Å². The topological polar surface area (TPSA) is 118 Å². The molecule has 2 aliphatic rings. The lowest BCUT2D eigenvalue weighted by Crippen LogP contribution is -2.41. The average Bonchev–Trinajstić information content (AvgIpc) is 3.25. The number of H-pyrrole nitrogens is 1. The third-order valence-electron chi connectivity index (χ3n) is 6.66. The minimum Gasteiger partial charge on any atom is -0.458 e. The van der Waals surface area contributed by atoms with Crippen molar-refractivity contribution >= 4 is 22.9 Å². The zero-order valence-corrected chi connectivity index (χ0v) is 19.7. The van der Waals surface area contributed by atoms with E-state index in [4.69, 9.17) is 9.47 Å². The van der Waals surface area contributed by atoms with Crippen LogP contribution < -0.4 is 15.0 Å². The molecule has 1 atom stereocenters. The molecular formula is C24H31N7O3. The van der Waals surface area contributed by atoms with Crippen LogP contribution in [0.1, 0.15) is 61.1 Å². The number of aromatic amines is 1. The van der Waals surface area contributed by atoms with Crippen molar-refractivity contribution in [1.29, 1.82) is 0 Å².